The number of rotatable bonds is 6. The zero-order valence-corrected chi connectivity index (χ0v) is 20.5. The molecule has 196 valence electrons. The van der Waals surface area contributed by atoms with Crippen LogP contribution in [0.2, 0.25) is 0 Å². The first-order valence-electron chi connectivity index (χ1n) is 11.3. The fourth-order valence-corrected chi connectivity index (χ4v) is 4.31. The summed E-state index contributed by atoms with van der Waals surface area (Å²) in [5.41, 5.74) is -1.64. The molecular formula is C25H26N2O10. The van der Waals surface area contributed by atoms with Crippen molar-refractivity contribution in [3.05, 3.63) is 74.1 Å². The number of carbonyl (C=O) groups is 1. The van der Waals surface area contributed by atoms with Gasteiger partial charge in [-0.1, -0.05) is 6.07 Å². The van der Waals surface area contributed by atoms with Crippen molar-refractivity contribution in [1.82, 2.24) is 0 Å². The quantitative estimate of drug-likeness (QED) is 0.252. The topological polar surface area (TPSA) is 171 Å². The number of amides is 1. The smallest absolute Gasteiger partial charge is 0.360 e. The van der Waals surface area contributed by atoms with Crippen molar-refractivity contribution < 1.29 is 38.6 Å². The van der Waals surface area contributed by atoms with Crippen LogP contribution in [0.5, 0.6) is 5.75 Å². The van der Waals surface area contributed by atoms with Crippen LogP contribution >= 0.6 is 0 Å². The van der Waals surface area contributed by atoms with Crippen molar-refractivity contribution in [2.75, 3.05) is 12.4 Å². The number of ether oxygens (including phenoxy) is 3. The van der Waals surface area contributed by atoms with Crippen molar-refractivity contribution in [2.45, 2.75) is 51.0 Å². The van der Waals surface area contributed by atoms with Crippen LogP contribution in [0.25, 0.3) is 11.0 Å². The highest BCUT2D eigenvalue weighted by Crippen LogP contribution is 2.35. The van der Waals surface area contributed by atoms with E-state index in [9.17, 15) is 29.9 Å². The highest BCUT2D eigenvalue weighted by atomic mass is 16.7. The molecule has 0 bridgehead atoms. The SMILES string of the molecule is CO[C@@H]1[C@@H](O)[C@H](O)[C@H](Oc2ccc3cc(NC(=O)c4cccc([N+](=O)[O-])c4)c(=O)oc3c2C)OC1(C)C. The molecule has 0 unspecified atom stereocenters. The molecule has 37 heavy (non-hydrogen) atoms. The lowest BCUT2D eigenvalue weighted by Gasteiger charge is -2.46. The molecule has 0 spiro atoms. The number of non-ortho nitro benzene ring substituents is 1. The molecule has 4 atom stereocenters. The monoisotopic (exact) mass is 514 g/mol. The summed E-state index contributed by atoms with van der Waals surface area (Å²) in [6.45, 7) is 5.03. The van der Waals surface area contributed by atoms with Gasteiger partial charge in [0.25, 0.3) is 11.6 Å². The van der Waals surface area contributed by atoms with Crippen LogP contribution in [-0.2, 0) is 9.47 Å². The molecule has 1 aromatic heterocycles. The molecule has 3 aromatic rings. The molecule has 3 N–H and O–H groups in total. The summed E-state index contributed by atoms with van der Waals surface area (Å²) in [5, 5.41) is 34.8. The van der Waals surface area contributed by atoms with Gasteiger partial charge in [0, 0.05) is 35.8 Å². The third kappa shape index (κ3) is 5.04. The molecule has 12 heteroatoms. The fourth-order valence-electron chi connectivity index (χ4n) is 4.31. The zero-order chi connectivity index (χ0) is 27.1. The van der Waals surface area contributed by atoms with E-state index in [1.54, 1.807) is 32.9 Å². The first-order valence-corrected chi connectivity index (χ1v) is 11.3. The fraction of sp³-hybridized carbons (Fsp3) is 0.360. The van der Waals surface area contributed by atoms with Crippen molar-refractivity contribution in [3.63, 3.8) is 0 Å². The maximum Gasteiger partial charge on any atom is 0.360 e. The predicted octanol–water partition coefficient (Wildman–Crippen LogP) is 2.51. The number of benzene rings is 2. The minimum Gasteiger partial charge on any atom is -0.462 e. The Bertz CT molecular complexity index is 1420. The molecule has 0 aliphatic carbocycles. The average molecular weight is 514 g/mol. The van der Waals surface area contributed by atoms with Gasteiger partial charge in [0.15, 0.2) is 0 Å². The highest BCUT2D eigenvalue weighted by Gasteiger charge is 2.50. The maximum atomic E-state index is 12.6. The Kier molecular flexibility index (Phi) is 7.02. The van der Waals surface area contributed by atoms with Gasteiger partial charge in [-0.15, -0.1) is 0 Å². The summed E-state index contributed by atoms with van der Waals surface area (Å²) < 4.78 is 22.4. The van der Waals surface area contributed by atoms with Crippen LogP contribution in [0, 0.1) is 17.0 Å². The second kappa shape index (κ2) is 9.90. The predicted molar refractivity (Wildman–Crippen MR) is 131 cm³/mol. The molecule has 0 radical (unpaired) electrons. The molecule has 1 aliphatic heterocycles. The Morgan fingerprint density at radius 3 is 2.57 bits per heavy atom. The van der Waals surface area contributed by atoms with Crippen LogP contribution in [0.4, 0.5) is 11.4 Å². The van der Waals surface area contributed by atoms with Gasteiger partial charge in [-0.2, -0.15) is 0 Å². The molecule has 1 amide bonds. The number of nitrogens with one attached hydrogen (secondary N) is 1. The Labute approximate surface area is 210 Å². The minimum atomic E-state index is -1.41. The van der Waals surface area contributed by atoms with Gasteiger partial charge in [-0.05, 0) is 45.0 Å². The van der Waals surface area contributed by atoms with E-state index in [1.807, 2.05) is 0 Å². The van der Waals surface area contributed by atoms with Gasteiger partial charge < -0.3 is 34.2 Å². The number of nitro benzene ring substituents is 1. The number of hydrogen-bond acceptors (Lipinski definition) is 10. The summed E-state index contributed by atoms with van der Waals surface area (Å²) in [6.07, 6.45) is -4.69. The maximum absolute atomic E-state index is 12.6. The van der Waals surface area contributed by atoms with E-state index in [2.05, 4.69) is 5.32 Å². The van der Waals surface area contributed by atoms with Gasteiger partial charge in [0.2, 0.25) is 6.29 Å². The molecule has 1 aliphatic rings. The van der Waals surface area contributed by atoms with Crippen molar-refractivity contribution in [1.29, 1.82) is 0 Å². The van der Waals surface area contributed by atoms with E-state index in [0.29, 0.717) is 10.9 Å². The molecule has 1 saturated heterocycles. The molecular weight excluding hydrogens is 488 g/mol. The summed E-state index contributed by atoms with van der Waals surface area (Å²) in [6, 6.07) is 9.66. The van der Waals surface area contributed by atoms with Crippen LogP contribution in [0.3, 0.4) is 0 Å². The van der Waals surface area contributed by atoms with Crippen molar-refractivity contribution >= 4 is 28.3 Å². The zero-order valence-electron chi connectivity index (χ0n) is 20.5. The van der Waals surface area contributed by atoms with Crippen LogP contribution in [0.15, 0.2) is 51.7 Å². The molecule has 4 rings (SSSR count). The molecule has 12 nitrogen and oxygen atoms in total. The number of aliphatic hydroxyl groups is 2. The number of methoxy groups -OCH3 is 1. The van der Waals surface area contributed by atoms with Gasteiger partial charge >= 0.3 is 5.63 Å². The van der Waals surface area contributed by atoms with Crippen LogP contribution in [0.1, 0.15) is 29.8 Å². The second-order valence-corrected chi connectivity index (χ2v) is 9.16. The minimum absolute atomic E-state index is 0.000453. The second-order valence-electron chi connectivity index (χ2n) is 9.16. The average Bonchev–Trinajstić information content (AvgIpc) is 2.85. The lowest BCUT2D eigenvalue weighted by Crippen LogP contribution is -2.63. The Hall–Kier alpha value is -3.84. The van der Waals surface area contributed by atoms with Gasteiger partial charge in [-0.25, -0.2) is 4.79 Å². The number of carbonyl (C=O) groups excluding carboxylic acids is 1. The number of hydrogen-bond donors (Lipinski definition) is 3. The van der Waals surface area contributed by atoms with Gasteiger partial charge in [0.1, 0.15) is 35.3 Å². The van der Waals surface area contributed by atoms with E-state index in [0.717, 1.165) is 6.07 Å². The van der Waals surface area contributed by atoms with Gasteiger partial charge in [0.05, 0.1) is 10.5 Å². The van der Waals surface area contributed by atoms with Crippen molar-refractivity contribution in [2.24, 2.45) is 0 Å². The molecule has 2 heterocycles. The number of nitrogens with zero attached hydrogens (tertiary/aromatic N) is 1. The van der Waals surface area contributed by atoms with E-state index in [4.69, 9.17) is 18.6 Å². The van der Waals surface area contributed by atoms with E-state index in [-0.39, 0.29) is 28.3 Å². The number of nitro groups is 1. The number of aliphatic hydroxyl groups excluding tert-OH is 2. The molecule has 2 aromatic carbocycles. The summed E-state index contributed by atoms with van der Waals surface area (Å²) in [4.78, 5) is 35.6. The van der Waals surface area contributed by atoms with E-state index < -0.39 is 46.7 Å². The van der Waals surface area contributed by atoms with Gasteiger partial charge in [-0.3, -0.25) is 14.9 Å². The number of aryl methyl sites for hydroxylation is 1. The Morgan fingerprint density at radius 2 is 1.89 bits per heavy atom. The summed E-state index contributed by atoms with van der Waals surface area (Å²) in [5.74, 6) is -0.474. The number of fused-ring (bicyclic) bond motifs is 1. The normalized spacial score (nSPS) is 23.0. The standard InChI is InChI=1S/C25H26N2O10/c1-12-17(35-24-19(29)18(28)21(34-4)25(2,3)37-24)9-8-13-11-16(23(31)36-20(12)13)26-22(30)14-6-5-7-15(10-14)27(32)33/h5-11,18-19,21,24,28-29H,1-4H3,(H,26,30)/t18-,19-,21+,24+/m0/s1. The van der Waals surface area contributed by atoms with Crippen LogP contribution < -0.4 is 15.7 Å². The molecule has 0 saturated carbocycles. The Morgan fingerprint density at radius 1 is 1.16 bits per heavy atom. The Balaban J connectivity index is 1.59. The lowest BCUT2D eigenvalue weighted by atomic mass is 9.89. The summed E-state index contributed by atoms with van der Waals surface area (Å²) >= 11 is 0. The lowest BCUT2D eigenvalue weighted by molar-refractivity contribution is -0.384. The van der Waals surface area contributed by atoms with E-state index in [1.165, 1.54) is 31.4 Å². The molecule has 1 fully saturated rings. The third-order valence-corrected chi connectivity index (χ3v) is 6.21. The summed E-state index contributed by atoms with van der Waals surface area (Å²) in [7, 11) is 1.41. The van der Waals surface area contributed by atoms with Crippen LogP contribution in [-0.4, -0.2) is 58.4 Å². The van der Waals surface area contributed by atoms with Crippen molar-refractivity contribution in [3.8, 4) is 5.75 Å². The third-order valence-electron chi connectivity index (χ3n) is 6.21. The first kappa shape index (κ1) is 26.2. The van der Waals surface area contributed by atoms with E-state index >= 15 is 0 Å². The first-order chi connectivity index (χ1) is 17.4. The number of anilines is 1. The largest absolute Gasteiger partial charge is 0.462 e. The highest BCUT2D eigenvalue weighted by molar-refractivity contribution is 6.05.